The van der Waals surface area contributed by atoms with Gasteiger partial charge in [-0.05, 0) is 81.3 Å². The predicted molar refractivity (Wildman–Crippen MR) is 227 cm³/mol. The van der Waals surface area contributed by atoms with Gasteiger partial charge in [0.05, 0.1) is 5.58 Å². The number of furan rings is 1. The third kappa shape index (κ3) is 7.25. The van der Waals surface area contributed by atoms with Gasteiger partial charge < -0.3 is 14.4 Å². The summed E-state index contributed by atoms with van der Waals surface area (Å²) in [5.74, 6) is 0. The molecule has 0 atom stereocenters. The molecule has 0 bridgehead atoms. The zero-order valence-electron chi connectivity index (χ0n) is 45.2. The van der Waals surface area contributed by atoms with E-state index < -0.39 is 34.3 Å². The first kappa shape index (κ1) is 23.5. The topological polar surface area (TPSA) is 38.9 Å². The minimum Gasteiger partial charge on any atom is -0.500 e. The molecule has 0 aliphatic heterocycles. The van der Waals surface area contributed by atoms with Crippen molar-refractivity contribution in [3.8, 4) is 33.6 Å². The van der Waals surface area contributed by atoms with E-state index in [9.17, 15) is 0 Å². The Morgan fingerprint density at radius 3 is 2.11 bits per heavy atom. The monoisotopic (exact) mass is 908 g/mol. The number of hydrogen-bond donors (Lipinski definition) is 0. The van der Waals surface area contributed by atoms with Crippen LogP contribution in [0.1, 0.15) is 74.7 Å². The summed E-state index contributed by atoms with van der Waals surface area (Å²) in [6.07, 6.45) is 2.99. The van der Waals surface area contributed by atoms with E-state index in [0.717, 1.165) is 45.1 Å². The van der Waals surface area contributed by atoms with E-state index in [4.69, 9.17) is 25.0 Å². The third-order valence-electron chi connectivity index (χ3n) is 9.61. The molecule has 4 heteroatoms. The molecule has 3 aromatic heterocycles. The van der Waals surface area contributed by atoms with Crippen LogP contribution in [-0.2, 0) is 25.5 Å². The second kappa shape index (κ2) is 15.0. The first-order chi connectivity index (χ1) is 32.0. The van der Waals surface area contributed by atoms with Gasteiger partial charge in [0.2, 0.25) is 0 Å². The van der Waals surface area contributed by atoms with Gasteiger partial charge in [0.1, 0.15) is 5.58 Å². The summed E-state index contributed by atoms with van der Waals surface area (Å²) in [5, 5.41) is 4.43. The number of hydrogen-bond acceptors (Lipinski definition) is 3. The van der Waals surface area contributed by atoms with E-state index in [1.54, 1.807) is 12.1 Å². The van der Waals surface area contributed by atoms with Crippen LogP contribution in [0.2, 0.25) is 0 Å². The Morgan fingerprint density at radius 2 is 1.36 bits per heavy atom. The molecule has 9 aromatic rings. The molecule has 9 rings (SSSR count). The molecule has 0 N–H and O–H groups in total. The molecule has 0 fully saturated rings. The fraction of sp³-hybridized carbons (Fsp3) is 0.176. The van der Waals surface area contributed by atoms with Crippen LogP contribution in [0, 0.1) is 46.4 Å². The first-order valence-corrected chi connectivity index (χ1v) is 17.4. The summed E-state index contributed by atoms with van der Waals surface area (Å²) in [6.45, 7) is -6.33. The van der Waals surface area contributed by atoms with Gasteiger partial charge in [-0.2, -0.15) is 0 Å². The smallest absolute Gasteiger partial charge is 0.129 e. The fourth-order valence-electron chi connectivity index (χ4n) is 6.73. The second-order valence-corrected chi connectivity index (χ2v) is 14.3. The van der Waals surface area contributed by atoms with Crippen molar-refractivity contribution in [2.24, 2.45) is 0 Å². The summed E-state index contributed by atoms with van der Waals surface area (Å²) < 4.78 is 126. The van der Waals surface area contributed by atoms with Crippen molar-refractivity contribution >= 4 is 43.5 Å². The van der Waals surface area contributed by atoms with E-state index in [2.05, 4.69) is 42.9 Å². The summed E-state index contributed by atoms with van der Waals surface area (Å²) in [7, 11) is 0. The molecule has 1 radical (unpaired) electrons. The average molecular weight is 908 g/mol. The standard InChI is InChI=1S/C35H26NO.C16H18N.Ir/c1-20-9-14-26(22(3)17-20)30-18-31(36-19-23(30)4)28-15-10-21(2)32-29-16-13-25-12-11-24-7-5-6-8-27(24)33(25)35(29)37-34(28)32;1-12-5-7-13(8-6-12)15-10-9-14(11-17-15)16(2,3)4;/h5-14,16-19H,1-4H3;5-7,9-11H,1-4H3;/q2*-1;/i1D3,2D3,3D3,4D3;1D3;. The van der Waals surface area contributed by atoms with Crippen molar-refractivity contribution in [2.45, 2.75) is 60.4 Å². The van der Waals surface area contributed by atoms with Crippen molar-refractivity contribution in [1.29, 1.82) is 0 Å². The van der Waals surface area contributed by atoms with E-state index in [1.807, 2.05) is 66.9 Å². The molecular weight excluding hydrogens is 849 g/mol. The van der Waals surface area contributed by atoms with Crippen LogP contribution < -0.4 is 0 Å². The van der Waals surface area contributed by atoms with Gasteiger partial charge in [-0.25, -0.2) is 0 Å². The summed E-state index contributed by atoms with van der Waals surface area (Å²) in [4.78, 5) is 8.89. The van der Waals surface area contributed by atoms with Gasteiger partial charge in [0.25, 0.3) is 0 Å². The van der Waals surface area contributed by atoms with Crippen LogP contribution >= 0.6 is 0 Å². The number of pyridine rings is 2. The first-order valence-electron chi connectivity index (χ1n) is 24.9. The number of rotatable bonds is 3. The minimum absolute atomic E-state index is 0. The summed E-state index contributed by atoms with van der Waals surface area (Å²) in [5.41, 5.74) is 3.37. The van der Waals surface area contributed by atoms with Crippen molar-refractivity contribution in [2.75, 3.05) is 0 Å². The van der Waals surface area contributed by atoms with Crippen molar-refractivity contribution in [3.63, 3.8) is 0 Å². The Hall–Kier alpha value is -5.41. The Morgan fingerprint density at radius 1 is 0.582 bits per heavy atom. The number of aromatic nitrogens is 2. The number of aryl methyl sites for hydroxylation is 5. The summed E-state index contributed by atoms with van der Waals surface area (Å²) >= 11 is 0. The van der Waals surface area contributed by atoms with Gasteiger partial charge >= 0.3 is 0 Å². The summed E-state index contributed by atoms with van der Waals surface area (Å²) in [6, 6.07) is 36.7. The molecule has 0 spiro atoms. The van der Waals surface area contributed by atoms with Gasteiger partial charge in [0.15, 0.2) is 0 Å². The maximum atomic E-state index is 8.32. The second-order valence-electron chi connectivity index (χ2n) is 14.3. The molecule has 0 unspecified atom stereocenters. The average Bonchev–Trinajstić information content (AvgIpc) is 3.66. The van der Waals surface area contributed by atoms with Crippen LogP contribution in [-0.4, -0.2) is 9.97 Å². The van der Waals surface area contributed by atoms with E-state index in [-0.39, 0.29) is 75.7 Å². The van der Waals surface area contributed by atoms with Gasteiger partial charge in [0, 0.05) is 63.8 Å². The van der Waals surface area contributed by atoms with Crippen LogP contribution in [0.25, 0.3) is 77.1 Å². The number of fused-ring (bicyclic) bond motifs is 7. The van der Waals surface area contributed by atoms with Crippen LogP contribution in [0.3, 0.4) is 0 Å². The Bertz CT molecular complexity index is 3340. The Kier molecular flexibility index (Phi) is 6.42. The van der Waals surface area contributed by atoms with E-state index in [0.29, 0.717) is 21.9 Å². The Labute approximate surface area is 358 Å². The third-order valence-corrected chi connectivity index (χ3v) is 9.61. The quantitative estimate of drug-likeness (QED) is 0.131. The number of nitrogens with zero attached hydrogens (tertiary/aromatic N) is 2. The SMILES string of the molecule is [2H]C([2H])([2H])c1c[c-]c(-c2ccc(C(C)(C)C)cn2)cc1.[2H]C([2H])([2H])c1ccc(-c2cc(-c3[c-]cc(C([2H])([2H])[2H])c4c3oc3c4ccc4ccc5ccccc5c43)ncc2C([2H])([2H])[2H])c(C([2H])([2H])[2H])c1.[Ir]. The molecule has 0 amide bonds. The molecule has 3 heterocycles. The minimum atomic E-state index is -2.80. The molecular formula is C51H44IrN2O-2. The Balaban J connectivity index is 0.000000289. The normalized spacial score (nSPS) is 16.7. The van der Waals surface area contributed by atoms with Crippen molar-refractivity contribution < 1.29 is 45.1 Å². The van der Waals surface area contributed by atoms with Gasteiger partial charge in [-0.1, -0.05) is 136 Å². The fourth-order valence-corrected chi connectivity index (χ4v) is 6.73. The molecule has 6 aromatic carbocycles. The molecule has 0 aliphatic carbocycles. The van der Waals surface area contributed by atoms with Crippen molar-refractivity contribution in [3.05, 3.63) is 167 Å². The largest absolute Gasteiger partial charge is 0.500 e. The van der Waals surface area contributed by atoms with E-state index >= 15 is 0 Å². The van der Waals surface area contributed by atoms with Crippen LogP contribution in [0.15, 0.2) is 126 Å². The zero-order valence-corrected chi connectivity index (χ0v) is 32.6. The molecule has 0 aliphatic rings. The molecule has 275 valence electrons. The molecule has 55 heavy (non-hydrogen) atoms. The van der Waals surface area contributed by atoms with Crippen LogP contribution in [0.4, 0.5) is 0 Å². The maximum absolute atomic E-state index is 8.32. The van der Waals surface area contributed by atoms with Gasteiger partial charge in [-0.15, -0.1) is 53.1 Å². The maximum Gasteiger partial charge on any atom is 0.129 e. The predicted octanol–water partition coefficient (Wildman–Crippen LogP) is 13.8. The van der Waals surface area contributed by atoms with Gasteiger partial charge in [-0.3, -0.25) is 0 Å². The number of benzene rings is 6. The van der Waals surface area contributed by atoms with Crippen LogP contribution in [0.5, 0.6) is 0 Å². The zero-order chi connectivity index (χ0) is 50.2. The van der Waals surface area contributed by atoms with Crippen molar-refractivity contribution in [1.82, 2.24) is 9.97 Å². The molecule has 3 nitrogen and oxygen atoms in total. The molecule has 0 saturated carbocycles. The molecule has 0 saturated heterocycles. The van der Waals surface area contributed by atoms with E-state index in [1.165, 1.54) is 35.9 Å².